The van der Waals surface area contributed by atoms with E-state index in [1.807, 2.05) is 0 Å². The third kappa shape index (κ3) is 6.78. The fourth-order valence-corrected chi connectivity index (χ4v) is 13.7. The molecule has 0 unspecified atom stereocenters. The lowest BCUT2D eigenvalue weighted by atomic mass is 9.81. The molecule has 2 aliphatic rings. The van der Waals surface area contributed by atoms with Gasteiger partial charge in [-0.05, 0) is 186 Å². The smallest absolute Gasteiger partial charge is 0.147 e. The molecule has 0 N–H and O–H groups in total. The van der Waals surface area contributed by atoms with Crippen molar-refractivity contribution in [2.24, 2.45) is 0 Å². The van der Waals surface area contributed by atoms with E-state index in [1.54, 1.807) is 0 Å². The lowest BCUT2D eigenvalue weighted by molar-refractivity contribution is 0.660. The van der Waals surface area contributed by atoms with Crippen LogP contribution in [0, 0.1) is 0 Å². The molecule has 0 amide bonds. The molecule has 0 bridgehead atoms. The zero-order valence-electron chi connectivity index (χ0n) is 45.5. The Kier molecular flexibility index (Phi) is 10.0. The summed E-state index contributed by atoms with van der Waals surface area (Å²) in [5, 5.41) is 8.74. The van der Waals surface area contributed by atoms with Crippen LogP contribution in [0.1, 0.15) is 101 Å². The van der Waals surface area contributed by atoms with Gasteiger partial charge < -0.3 is 18.6 Å². The van der Waals surface area contributed by atoms with Gasteiger partial charge in [0.2, 0.25) is 0 Å². The average Bonchev–Trinajstić information content (AvgIpc) is 4.33. The minimum absolute atomic E-state index is 0.191. The van der Waals surface area contributed by atoms with Crippen molar-refractivity contribution < 1.29 is 8.83 Å². The number of hydrogen-bond acceptors (Lipinski definition) is 4. The monoisotopic (exact) mass is 1010 g/mol. The Balaban J connectivity index is 0.853. The maximum Gasteiger partial charge on any atom is 0.147 e. The van der Waals surface area contributed by atoms with Crippen molar-refractivity contribution in [3.05, 3.63) is 240 Å². The van der Waals surface area contributed by atoms with Gasteiger partial charge in [0.1, 0.15) is 22.3 Å². The standard InChI is InChI=1S/C74H60N2O2/c1-43(2)45-23-29-51(30-24-45)75(64-21-13-17-57-55-15-9-11-19-62(55)73(5,6)70(57)64)53-33-27-47-39-60-59-35-36-66-69(72(59)78-67(60)41-49(47)37-53)61-40-48-28-34-54(38-50(48)42-68(61)77-66)76(52-31-25-46(26-32-52)44(3)4)65-22-14-18-58-56-16-10-12-20-63(56)74(7,8)71(58)65/h9-44H,1-8H3. The van der Waals surface area contributed by atoms with Gasteiger partial charge in [-0.2, -0.15) is 0 Å². The van der Waals surface area contributed by atoms with Gasteiger partial charge in [-0.15, -0.1) is 0 Å². The van der Waals surface area contributed by atoms with Crippen LogP contribution < -0.4 is 9.80 Å². The van der Waals surface area contributed by atoms with E-state index < -0.39 is 0 Å². The Morgan fingerprint density at radius 1 is 0.346 bits per heavy atom. The minimum Gasteiger partial charge on any atom is -0.456 e. The van der Waals surface area contributed by atoms with Gasteiger partial charge >= 0.3 is 0 Å². The van der Waals surface area contributed by atoms with Crippen LogP contribution >= 0.6 is 0 Å². The quantitative estimate of drug-likeness (QED) is 0.152. The summed E-state index contributed by atoms with van der Waals surface area (Å²) in [5.41, 5.74) is 23.1. The van der Waals surface area contributed by atoms with Gasteiger partial charge in [0.15, 0.2) is 0 Å². The fourth-order valence-electron chi connectivity index (χ4n) is 13.7. The fraction of sp³-hybridized carbons (Fsp3) is 0.162. The van der Waals surface area contributed by atoms with Crippen molar-refractivity contribution in [2.45, 2.75) is 78.1 Å². The lowest BCUT2D eigenvalue weighted by Gasteiger charge is -2.32. The number of rotatable bonds is 8. The Labute approximate surface area is 455 Å². The van der Waals surface area contributed by atoms with Crippen LogP contribution in [0.3, 0.4) is 0 Å². The molecule has 4 nitrogen and oxygen atoms in total. The van der Waals surface area contributed by atoms with Gasteiger partial charge in [0, 0.05) is 49.7 Å². The summed E-state index contributed by atoms with van der Waals surface area (Å²) in [6.07, 6.45) is 0. The molecule has 0 saturated heterocycles. The maximum atomic E-state index is 7.05. The number of nitrogens with zero attached hydrogens (tertiary/aromatic N) is 2. The highest BCUT2D eigenvalue weighted by molar-refractivity contribution is 6.24. The van der Waals surface area contributed by atoms with E-state index in [0.29, 0.717) is 11.8 Å². The topological polar surface area (TPSA) is 32.8 Å². The summed E-state index contributed by atoms with van der Waals surface area (Å²) < 4.78 is 13.9. The number of anilines is 6. The first-order chi connectivity index (χ1) is 37.8. The van der Waals surface area contributed by atoms with E-state index in [9.17, 15) is 0 Å². The van der Waals surface area contributed by atoms with Crippen molar-refractivity contribution in [3.63, 3.8) is 0 Å². The zero-order valence-corrected chi connectivity index (χ0v) is 45.5. The Morgan fingerprint density at radius 2 is 0.795 bits per heavy atom. The molecule has 4 heteroatoms. The molecule has 13 aromatic rings. The SMILES string of the molecule is CC(C)c1ccc(N(c2ccc3cc4c(cc3c2)oc2c4ccc3oc4cc5cc(N(c6ccc(C(C)C)cc6)c6cccc7c6C(C)(C)c6ccccc6-7)ccc5cc4c32)c2cccc3c2C(C)(C)c2ccccc2-3)cc1. The van der Waals surface area contributed by atoms with E-state index >= 15 is 0 Å². The van der Waals surface area contributed by atoms with E-state index in [2.05, 4.69) is 271 Å². The van der Waals surface area contributed by atoms with Gasteiger partial charge in [-0.3, -0.25) is 0 Å². The van der Waals surface area contributed by atoms with E-state index in [1.165, 1.54) is 67.0 Å². The zero-order chi connectivity index (χ0) is 52.9. The van der Waals surface area contributed by atoms with Crippen molar-refractivity contribution in [1.82, 2.24) is 0 Å². The second kappa shape index (κ2) is 16.8. The van der Waals surface area contributed by atoms with Gasteiger partial charge in [0.05, 0.1) is 16.8 Å². The normalized spacial score (nSPS) is 14.1. The highest BCUT2D eigenvalue weighted by Crippen LogP contribution is 2.56. The van der Waals surface area contributed by atoms with Crippen LogP contribution in [0.2, 0.25) is 0 Å². The molecule has 0 aliphatic heterocycles. The minimum atomic E-state index is -0.191. The van der Waals surface area contributed by atoms with Crippen LogP contribution in [0.25, 0.3) is 87.7 Å². The number of benzene rings is 11. The second-order valence-electron chi connectivity index (χ2n) is 23.7. The van der Waals surface area contributed by atoms with E-state index in [4.69, 9.17) is 8.83 Å². The first-order valence-corrected chi connectivity index (χ1v) is 27.8. The van der Waals surface area contributed by atoms with Crippen LogP contribution in [-0.2, 0) is 10.8 Å². The summed E-state index contributed by atoms with van der Waals surface area (Å²) >= 11 is 0. The number of furan rings is 2. The van der Waals surface area contributed by atoms with Crippen LogP contribution in [0.5, 0.6) is 0 Å². The molecule has 0 fully saturated rings. The molecular formula is C74H60N2O2. The molecule has 0 spiro atoms. The highest BCUT2D eigenvalue weighted by atomic mass is 16.3. The third-order valence-corrected chi connectivity index (χ3v) is 17.7. The molecule has 378 valence electrons. The Morgan fingerprint density at radius 3 is 1.29 bits per heavy atom. The summed E-state index contributed by atoms with van der Waals surface area (Å²) in [6.45, 7) is 18.5. The lowest BCUT2D eigenvalue weighted by Crippen LogP contribution is -2.20. The van der Waals surface area contributed by atoms with E-state index in [-0.39, 0.29) is 10.8 Å². The highest BCUT2D eigenvalue weighted by Gasteiger charge is 2.40. The van der Waals surface area contributed by atoms with Crippen molar-refractivity contribution in [3.8, 4) is 22.3 Å². The summed E-state index contributed by atoms with van der Waals surface area (Å²) in [7, 11) is 0. The molecular weight excluding hydrogens is 949 g/mol. The van der Waals surface area contributed by atoms with Crippen molar-refractivity contribution >= 4 is 99.5 Å². The maximum absolute atomic E-state index is 7.05. The molecule has 11 aromatic carbocycles. The van der Waals surface area contributed by atoms with Gasteiger partial charge in [0.25, 0.3) is 0 Å². The summed E-state index contributed by atoms with van der Waals surface area (Å²) in [4.78, 5) is 4.92. The molecule has 0 radical (unpaired) electrons. The van der Waals surface area contributed by atoms with Gasteiger partial charge in [-0.25, -0.2) is 0 Å². The predicted octanol–water partition coefficient (Wildman–Crippen LogP) is 21.6. The van der Waals surface area contributed by atoms with E-state index in [0.717, 1.165) is 88.2 Å². The molecule has 0 saturated carbocycles. The molecule has 2 aromatic heterocycles. The van der Waals surface area contributed by atoms with Crippen LogP contribution in [-0.4, -0.2) is 0 Å². The second-order valence-corrected chi connectivity index (χ2v) is 23.7. The van der Waals surface area contributed by atoms with Crippen molar-refractivity contribution in [1.29, 1.82) is 0 Å². The van der Waals surface area contributed by atoms with Crippen LogP contribution in [0.4, 0.5) is 34.1 Å². The first kappa shape index (κ1) is 46.4. The Bertz CT molecular complexity index is 4620. The number of hydrogen-bond donors (Lipinski definition) is 0. The molecule has 2 aliphatic carbocycles. The molecule has 15 rings (SSSR count). The largest absolute Gasteiger partial charge is 0.456 e. The number of fused-ring (bicyclic) bond motifs is 15. The third-order valence-electron chi connectivity index (χ3n) is 17.7. The van der Waals surface area contributed by atoms with Crippen LogP contribution in [0.15, 0.2) is 215 Å². The van der Waals surface area contributed by atoms with Gasteiger partial charge in [-0.1, -0.05) is 165 Å². The molecule has 2 heterocycles. The molecule has 78 heavy (non-hydrogen) atoms. The summed E-state index contributed by atoms with van der Waals surface area (Å²) in [5.74, 6) is 0.874. The van der Waals surface area contributed by atoms with Crippen molar-refractivity contribution in [2.75, 3.05) is 9.80 Å². The average molecular weight is 1010 g/mol. The first-order valence-electron chi connectivity index (χ1n) is 27.8. The molecule has 0 atom stereocenters. The predicted molar refractivity (Wildman–Crippen MR) is 329 cm³/mol. The summed E-state index contributed by atoms with van der Waals surface area (Å²) in [6, 6.07) is 76.8. The Hall–Kier alpha value is -8.86.